The maximum absolute atomic E-state index is 11.4. The zero-order valence-electron chi connectivity index (χ0n) is 9.19. The van der Waals surface area contributed by atoms with Gasteiger partial charge >= 0.3 is 5.69 Å². The molecule has 5 heteroatoms. The Balaban J connectivity index is 2.87. The van der Waals surface area contributed by atoms with Gasteiger partial charge in [0.1, 0.15) is 6.23 Å². The normalized spacial score (nSPS) is 14.9. The first-order valence-electron chi connectivity index (χ1n) is 5.01. The van der Waals surface area contributed by atoms with E-state index >= 15 is 0 Å². The zero-order valence-corrected chi connectivity index (χ0v) is 9.19. The Kier molecular flexibility index (Phi) is 3.85. The van der Waals surface area contributed by atoms with Crippen LogP contribution in [-0.2, 0) is 4.74 Å². The molecule has 2 atom stereocenters. The van der Waals surface area contributed by atoms with Gasteiger partial charge in [0.2, 0.25) is 0 Å². The number of H-pyrrole nitrogens is 1. The standard InChI is InChI=1S/C10H16N2O3/c1-4-7(2)15-8(3)12-6-5-9(13)11-10(12)14/h5-8H,4H2,1-3H3,(H,11,13,14)/t7-,8-/m1/s1. The highest BCUT2D eigenvalue weighted by atomic mass is 16.5. The molecule has 1 N–H and O–H groups in total. The molecular weight excluding hydrogens is 196 g/mol. The molecule has 0 aromatic carbocycles. The summed E-state index contributed by atoms with van der Waals surface area (Å²) in [6, 6.07) is 1.30. The molecule has 0 spiro atoms. The molecular formula is C10H16N2O3. The predicted octanol–water partition coefficient (Wildman–Crippen LogP) is 0.870. The Morgan fingerprint density at radius 1 is 1.47 bits per heavy atom. The van der Waals surface area contributed by atoms with E-state index in [1.54, 1.807) is 6.92 Å². The Morgan fingerprint density at radius 2 is 2.13 bits per heavy atom. The van der Waals surface area contributed by atoms with Crippen LogP contribution in [0.3, 0.4) is 0 Å². The minimum absolute atomic E-state index is 0.0822. The highest BCUT2D eigenvalue weighted by Crippen LogP contribution is 2.08. The Hall–Kier alpha value is -1.36. The van der Waals surface area contributed by atoms with E-state index in [1.165, 1.54) is 16.8 Å². The number of nitrogens with zero attached hydrogens (tertiary/aromatic N) is 1. The number of hydrogen-bond donors (Lipinski definition) is 1. The molecule has 0 radical (unpaired) electrons. The minimum Gasteiger partial charge on any atom is -0.355 e. The number of hydrogen-bond acceptors (Lipinski definition) is 3. The molecule has 1 aromatic heterocycles. The van der Waals surface area contributed by atoms with Gasteiger partial charge in [-0.05, 0) is 20.3 Å². The van der Waals surface area contributed by atoms with Crippen molar-refractivity contribution < 1.29 is 4.74 Å². The fourth-order valence-electron chi connectivity index (χ4n) is 1.21. The summed E-state index contributed by atoms with van der Waals surface area (Å²) in [5.74, 6) is 0. The third-order valence-corrected chi connectivity index (χ3v) is 2.25. The van der Waals surface area contributed by atoms with Gasteiger partial charge in [0.15, 0.2) is 0 Å². The summed E-state index contributed by atoms with van der Waals surface area (Å²) < 4.78 is 6.90. The first-order chi connectivity index (χ1) is 7.04. The third kappa shape index (κ3) is 3.06. The lowest BCUT2D eigenvalue weighted by Gasteiger charge is -2.19. The monoisotopic (exact) mass is 212 g/mol. The van der Waals surface area contributed by atoms with Crippen LogP contribution in [-0.4, -0.2) is 15.7 Å². The molecule has 0 aliphatic carbocycles. The van der Waals surface area contributed by atoms with Gasteiger partial charge in [0.25, 0.3) is 5.56 Å². The van der Waals surface area contributed by atoms with Crippen molar-refractivity contribution in [3.05, 3.63) is 33.1 Å². The molecule has 0 amide bonds. The number of rotatable bonds is 4. The van der Waals surface area contributed by atoms with Gasteiger partial charge in [0, 0.05) is 12.3 Å². The van der Waals surface area contributed by atoms with Crippen LogP contribution in [0.25, 0.3) is 0 Å². The minimum atomic E-state index is -0.446. The molecule has 1 heterocycles. The molecule has 0 fully saturated rings. The van der Waals surface area contributed by atoms with Crippen LogP contribution >= 0.6 is 0 Å². The van der Waals surface area contributed by atoms with Crippen molar-refractivity contribution >= 4 is 0 Å². The smallest absolute Gasteiger partial charge is 0.330 e. The first kappa shape index (κ1) is 11.7. The number of nitrogens with one attached hydrogen (secondary N) is 1. The average molecular weight is 212 g/mol. The average Bonchev–Trinajstić information content (AvgIpc) is 2.17. The van der Waals surface area contributed by atoms with E-state index < -0.39 is 11.2 Å². The molecule has 0 saturated heterocycles. The quantitative estimate of drug-likeness (QED) is 0.805. The third-order valence-electron chi connectivity index (χ3n) is 2.25. The van der Waals surface area contributed by atoms with Crippen LogP contribution in [0.4, 0.5) is 0 Å². The highest BCUT2D eigenvalue weighted by molar-refractivity contribution is 4.83. The number of aromatic amines is 1. The van der Waals surface area contributed by atoms with Crippen molar-refractivity contribution in [2.24, 2.45) is 0 Å². The predicted molar refractivity (Wildman–Crippen MR) is 56.9 cm³/mol. The van der Waals surface area contributed by atoms with Crippen LogP contribution in [0, 0.1) is 0 Å². The molecule has 1 aromatic rings. The van der Waals surface area contributed by atoms with Crippen molar-refractivity contribution in [3.63, 3.8) is 0 Å². The SMILES string of the molecule is CC[C@@H](C)O[C@H](C)n1ccc(=O)[nH]c1=O. The zero-order chi connectivity index (χ0) is 11.4. The lowest BCUT2D eigenvalue weighted by molar-refractivity contribution is -0.0377. The number of ether oxygens (including phenoxy) is 1. The summed E-state index contributed by atoms with van der Waals surface area (Å²) in [7, 11) is 0. The van der Waals surface area contributed by atoms with Crippen molar-refractivity contribution in [1.82, 2.24) is 9.55 Å². The summed E-state index contributed by atoms with van der Waals surface area (Å²) in [4.78, 5) is 24.4. The van der Waals surface area contributed by atoms with Crippen LogP contribution in [0.5, 0.6) is 0 Å². The molecule has 0 bridgehead atoms. The van der Waals surface area contributed by atoms with Crippen LogP contribution in [0.1, 0.15) is 33.4 Å². The lowest BCUT2D eigenvalue weighted by atomic mass is 10.3. The Labute approximate surface area is 87.7 Å². The first-order valence-corrected chi connectivity index (χ1v) is 5.01. The molecule has 0 saturated carbocycles. The van der Waals surface area contributed by atoms with Crippen LogP contribution in [0.15, 0.2) is 21.9 Å². The summed E-state index contributed by atoms with van der Waals surface area (Å²) in [5.41, 5.74) is -0.842. The molecule has 0 aliphatic rings. The molecule has 15 heavy (non-hydrogen) atoms. The maximum Gasteiger partial charge on any atom is 0.330 e. The molecule has 5 nitrogen and oxygen atoms in total. The molecule has 1 rings (SSSR count). The van der Waals surface area contributed by atoms with Crippen molar-refractivity contribution in [2.45, 2.75) is 39.5 Å². The largest absolute Gasteiger partial charge is 0.355 e. The van der Waals surface area contributed by atoms with Gasteiger partial charge in [-0.2, -0.15) is 0 Å². The van der Waals surface area contributed by atoms with E-state index in [0.717, 1.165) is 6.42 Å². The Bertz CT molecular complexity index is 421. The maximum atomic E-state index is 11.4. The molecule has 0 aliphatic heterocycles. The van der Waals surface area contributed by atoms with Gasteiger partial charge in [-0.15, -0.1) is 0 Å². The van der Waals surface area contributed by atoms with E-state index in [2.05, 4.69) is 4.98 Å². The van der Waals surface area contributed by atoms with E-state index in [-0.39, 0.29) is 12.3 Å². The second-order valence-electron chi connectivity index (χ2n) is 3.47. The topological polar surface area (TPSA) is 64.1 Å². The second kappa shape index (κ2) is 4.93. The molecule has 0 unspecified atom stereocenters. The number of aromatic nitrogens is 2. The van der Waals surface area contributed by atoms with E-state index in [9.17, 15) is 9.59 Å². The van der Waals surface area contributed by atoms with Gasteiger partial charge in [0.05, 0.1) is 6.10 Å². The summed E-state index contributed by atoms with van der Waals surface area (Å²) >= 11 is 0. The van der Waals surface area contributed by atoms with E-state index in [1.807, 2.05) is 13.8 Å². The van der Waals surface area contributed by atoms with Crippen molar-refractivity contribution in [3.8, 4) is 0 Å². The summed E-state index contributed by atoms with van der Waals surface area (Å²) in [5, 5.41) is 0. The van der Waals surface area contributed by atoms with E-state index in [4.69, 9.17) is 4.74 Å². The second-order valence-corrected chi connectivity index (χ2v) is 3.47. The van der Waals surface area contributed by atoms with Crippen molar-refractivity contribution in [1.29, 1.82) is 0 Å². The van der Waals surface area contributed by atoms with Gasteiger partial charge < -0.3 is 4.74 Å². The molecule has 84 valence electrons. The fraction of sp³-hybridized carbons (Fsp3) is 0.600. The lowest BCUT2D eigenvalue weighted by Crippen LogP contribution is -2.32. The van der Waals surface area contributed by atoms with Gasteiger partial charge in [-0.25, -0.2) is 4.79 Å². The van der Waals surface area contributed by atoms with E-state index in [0.29, 0.717) is 0 Å². The Morgan fingerprint density at radius 3 is 2.67 bits per heavy atom. The summed E-state index contributed by atoms with van der Waals surface area (Å²) in [6.45, 7) is 5.71. The van der Waals surface area contributed by atoms with Crippen LogP contribution in [0.2, 0.25) is 0 Å². The highest BCUT2D eigenvalue weighted by Gasteiger charge is 2.09. The van der Waals surface area contributed by atoms with Gasteiger partial charge in [-0.1, -0.05) is 6.92 Å². The fourth-order valence-corrected chi connectivity index (χ4v) is 1.21. The van der Waals surface area contributed by atoms with Crippen LogP contribution < -0.4 is 11.2 Å². The van der Waals surface area contributed by atoms with Gasteiger partial charge in [-0.3, -0.25) is 14.3 Å². The summed E-state index contributed by atoms with van der Waals surface area (Å²) in [6.07, 6.45) is 2.03. The van der Waals surface area contributed by atoms with Crippen molar-refractivity contribution in [2.75, 3.05) is 0 Å².